The van der Waals surface area contributed by atoms with Gasteiger partial charge in [-0.1, -0.05) is 81.6 Å². The van der Waals surface area contributed by atoms with Crippen molar-refractivity contribution in [3.05, 3.63) is 109 Å². The molecule has 1 saturated heterocycles. The molecule has 2 N–H and O–H groups in total. The summed E-state index contributed by atoms with van der Waals surface area (Å²) in [5.74, 6) is -0.434. The molecule has 0 aliphatic carbocycles. The first kappa shape index (κ1) is 33.5. The minimum absolute atomic E-state index is 0.0432. The number of nitrogens with one attached hydrogen (secondary N) is 2. The number of hydrogen-bond acceptors (Lipinski definition) is 4. The third-order valence-corrected chi connectivity index (χ3v) is 6.72. The van der Waals surface area contributed by atoms with Gasteiger partial charge in [-0.3, -0.25) is 9.69 Å². The summed E-state index contributed by atoms with van der Waals surface area (Å²) in [6, 6.07) is 16.0. The van der Waals surface area contributed by atoms with E-state index in [0.717, 1.165) is 36.0 Å². The summed E-state index contributed by atoms with van der Waals surface area (Å²) in [6.07, 6.45) is 8.43. The Morgan fingerprint density at radius 2 is 1.73 bits per heavy atom. The van der Waals surface area contributed by atoms with Gasteiger partial charge in [0.25, 0.3) is 5.91 Å². The second kappa shape index (κ2) is 19.4. The van der Waals surface area contributed by atoms with Crippen molar-refractivity contribution in [2.75, 3.05) is 45.9 Å². The van der Waals surface area contributed by atoms with Gasteiger partial charge < -0.3 is 19.9 Å². The molecule has 0 radical (unpaired) electrons. The number of hydrogen-bond donors (Lipinski definition) is 2. The maximum atomic E-state index is 12.4. The lowest BCUT2D eigenvalue weighted by molar-refractivity contribution is 0.0952. The maximum absolute atomic E-state index is 12.4. The number of carbonyl (C=O) groups excluding carboxylic acids is 1. The van der Waals surface area contributed by atoms with E-state index in [4.69, 9.17) is 4.74 Å². The lowest BCUT2D eigenvalue weighted by Gasteiger charge is -2.34. The van der Waals surface area contributed by atoms with Gasteiger partial charge in [0.15, 0.2) is 0 Å². The number of amides is 1. The van der Waals surface area contributed by atoms with Crippen molar-refractivity contribution in [1.82, 2.24) is 20.1 Å². The first-order valence-electron chi connectivity index (χ1n) is 14.5. The van der Waals surface area contributed by atoms with Crippen molar-refractivity contribution in [1.29, 1.82) is 0 Å². The second-order valence-electron chi connectivity index (χ2n) is 9.73. The largest absolute Gasteiger partial charge is 0.500 e. The SMILES string of the molecule is C=C(F)/C=C\C.C=COCCN1CCN(CCC)CC1.CCc1cccc2c(C(=O)NCc3ccccc3)c[nH]c12. The number of aryl methyl sites for hydroxylation is 1. The highest BCUT2D eigenvalue weighted by Crippen LogP contribution is 2.22. The molecule has 1 amide bonds. The van der Waals surface area contributed by atoms with Gasteiger partial charge in [0.05, 0.1) is 18.4 Å². The van der Waals surface area contributed by atoms with Crippen LogP contribution in [-0.4, -0.2) is 66.6 Å². The summed E-state index contributed by atoms with van der Waals surface area (Å²) in [7, 11) is 0. The van der Waals surface area contributed by atoms with Gasteiger partial charge in [-0.15, -0.1) is 0 Å². The number of benzene rings is 2. The smallest absolute Gasteiger partial charge is 0.253 e. The molecule has 0 bridgehead atoms. The topological polar surface area (TPSA) is 60.6 Å². The van der Waals surface area contributed by atoms with Gasteiger partial charge in [0, 0.05) is 56.4 Å². The van der Waals surface area contributed by atoms with E-state index in [0.29, 0.717) is 12.1 Å². The van der Waals surface area contributed by atoms with Crippen LogP contribution in [0.5, 0.6) is 0 Å². The fourth-order valence-corrected chi connectivity index (χ4v) is 4.57. The van der Waals surface area contributed by atoms with E-state index in [2.05, 4.69) is 53.2 Å². The number of piperazine rings is 1. The van der Waals surface area contributed by atoms with E-state index in [9.17, 15) is 9.18 Å². The Hall–Kier alpha value is -3.68. The number of rotatable bonds is 11. The monoisotopic (exact) mass is 562 g/mol. The van der Waals surface area contributed by atoms with Crippen molar-refractivity contribution >= 4 is 16.8 Å². The summed E-state index contributed by atoms with van der Waals surface area (Å²) in [5.41, 5.74) is 4.09. The zero-order chi connectivity index (χ0) is 29.9. The number of aromatic nitrogens is 1. The number of allylic oxidation sites excluding steroid dienone is 3. The van der Waals surface area contributed by atoms with Crippen LogP contribution in [0.1, 0.15) is 48.7 Å². The maximum Gasteiger partial charge on any atom is 0.253 e. The van der Waals surface area contributed by atoms with Crippen molar-refractivity contribution in [2.45, 2.75) is 40.2 Å². The van der Waals surface area contributed by atoms with E-state index in [1.165, 1.54) is 57.0 Å². The molecule has 7 heteroatoms. The van der Waals surface area contributed by atoms with Crippen LogP contribution in [0.2, 0.25) is 0 Å². The number of fused-ring (bicyclic) bond motifs is 1. The fourth-order valence-electron chi connectivity index (χ4n) is 4.57. The fraction of sp³-hybridized carbons (Fsp3) is 0.382. The predicted molar refractivity (Wildman–Crippen MR) is 170 cm³/mol. The summed E-state index contributed by atoms with van der Waals surface area (Å²) in [5, 5.41) is 3.96. The highest BCUT2D eigenvalue weighted by molar-refractivity contribution is 6.07. The number of nitrogens with zero attached hydrogens (tertiary/aromatic N) is 2. The van der Waals surface area contributed by atoms with E-state index in [1.807, 2.05) is 42.5 Å². The summed E-state index contributed by atoms with van der Waals surface area (Å²) >= 11 is 0. The van der Waals surface area contributed by atoms with E-state index in [-0.39, 0.29) is 5.91 Å². The molecule has 2 heterocycles. The van der Waals surface area contributed by atoms with Crippen LogP contribution in [0.4, 0.5) is 4.39 Å². The van der Waals surface area contributed by atoms with Gasteiger partial charge in [0.2, 0.25) is 0 Å². The molecule has 3 aromatic rings. The molecule has 1 aromatic heterocycles. The molecule has 0 spiro atoms. The molecule has 222 valence electrons. The molecule has 41 heavy (non-hydrogen) atoms. The Morgan fingerprint density at radius 1 is 1.05 bits per heavy atom. The number of para-hydroxylation sites is 1. The quantitative estimate of drug-likeness (QED) is 0.152. The molecular weight excluding hydrogens is 515 g/mol. The average Bonchev–Trinajstić information content (AvgIpc) is 3.43. The molecule has 4 rings (SSSR count). The van der Waals surface area contributed by atoms with Gasteiger partial charge in [-0.2, -0.15) is 0 Å². The number of ether oxygens (including phenoxy) is 1. The highest BCUT2D eigenvalue weighted by Gasteiger charge is 2.15. The molecule has 1 aliphatic rings. The van der Waals surface area contributed by atoms with Crippen LogP contribution in [0.3, 0.4) is 0 Å². The Bertz CT molecular complexity index is 1210. The molecule has 0 atom stereocenters. The van der Waals surface area contributed by atoms with Crippen molar-refractivity contribution in [2.24, 2.45) is 0 Å². The Balaban J connectivity index is 0.000000254. The average molecular weight is 563 g/mol. The Labute approximate surface area is 245 Å². The number of aromatic amines is 1. The minimum atomic E-state index is -0.391. The Kier molecular flexibility index (Phi) is 15.9. The predicted octanol–water partition coefficient (Wildman–Crippen LogP) is 6.88. The zero-order valence-corrected chi connectivity index (χ0v) is 25.0. The first-order chi connectivity index (χ1) is 19.9. The standard InChI is InChI=1S/C18H18N2O.C11H22N2O.C5H7F/c1-2-14-9-6-10-15-16(12-19-17(14)15)18(21)20-11-13-7-4-3-5-8-13;1-3-5-12-6-8-13(9-7-12)10-11-14-4-2;1-3-4-5(2)6/h3-10,12,19H,2,11H2,1H3,(H,20,21);4H,2-3,5-11H2,1H3;3-4H,2H2,1H3/b;;4-3-. The van der Waals surface area contributed by atoms with E-state index < -0.39 is 5.83 Å². The number of carbonyl (C=O) groups is 1. The normalized spacial score (nSPS) is 13.6. The molecule has 1 fully saturated rings. The van der Waals surface area contributed by atoms with Crippen LogP contribution < -0.4 is 5.32 Å². The van der Waals surface area contributed by atoms with Gasteiger partial charge in [0.1, 0.15) is 5.83 Å². The summed E-state index contributed by atoms with van der Waals surface area (Å²) in [6.45, 7) is 21.0. The van der Waals surface area contributed by atoms with Crippen LogP contribution in [0.25, 0.3) is 10.9 Å². The molecule has 2 aromatic carbocycles. The zero-order valence-electron chi connectivity index (χ0n) is 25.0. The highest BCUT2D eigenvalue weighted by atomic mass is 19.1. The van der Waals surface area contributed by atoms with Gasteiger partial charge in [-0.25, -0.2) is 4.39 Å². The molecule has 6 nitrogen and oxygen atoms in total. The molecule has 0 saturated carbocycles. The lowest BCUT2D eigenvalue weighted by atomic mass is 10.1. The van der Waals surface area contributed by atoms with Crippen molar-refractivity contribution in [3.8, 4) is 0 Å². The van der Waals surface area contributed by atoms with Crippen LogP contribution >= 0.6 is 0 Å². The number of halogens is 1. The third-order valence-electron chi connectivity index (χ3n) is 6.72. The van der Waals surface area contributed by atoms with E-state index >= 15 is 0 Å². The second-order valence-corrected chi connectivity index (χ2v) is 9.73. The summed E-state index contributed by atoms with van der Waals surface area (Å²) in [4.78, 5) is 20.6. The molecule has 0 unspecified atom stereocenters. The lowest BCUT2D eigenvalue weighted by Crippen LogP contribution is -2.47. The van der Waals surface area contributed by atoms with Gasteiger partial charge in [-0.05, 0) is 43.5 Å². The van der Waals surface area contributed by atoms with Crippen LogP contribution in [0.15, 0.2) is 92.1 Å². The Morgan fingerprint density at radius 3 is 2.29 bits per heavy atom. The number of H-pyrrole nitrogens is 1. The van der Waals surface area contributed by atoms with Crippen molar-refractivity contribution in [3.63, 3.8) is 0 Å². The first-order valence-corrected chi connectivity index (χ1v) is 14.5. The third kappa shape index (κ3) is 12.2. The van der Waals surface area contributed by atoms with Crippen molar-refractivity contribution < 1.29 is 13.9 Å². The van der Waals surface area contributed by atoms with Crippen LogP contribution in [-0.2, 0) is 17.7 Å². The van der Waals surface area contributed by atoms with Crippen LogP contribution in [0, 0.1) is 0 Å². The molecular formula is C34H47FN4O2. The minimum Gasteiger partial charge on any atom is -0.500 e. The molecule has 1 aliphatic heterocycles. The summed E-state index contributed by atoms with van der Waals surface area (Å²) < 4.78 is 16.5. The van der Waals surface area contributed by atoms with E-state index in [1.54, 1.807) is 19.2 Å². The van der Waals surface area contributed by atoms with Gasteiger partial charge >= 0.3 is 0 Å².